The van der Waals surface area contributed by atoms with Crippen LogP contribution in [0.4, 0.5) is 0 Å². The molecule has 0 bridgehead atoms. The molecule has 0 aliphatic heterocycles. The maximum atomic E-state index is 12.6. The van der Waals surface area contributed by atoms with Gasteiger partial charge >= 0.3 is 0 Å². The van der Waals surface area contributed by atoms with Gasteiger partial charge in [-0.1, -0.05) is 84.9 Å². The van der Waals surface area contributed by atoms with Crippen LogP contribution in [0.1, 0.15) is 22.3 Å². The van der Waals surface area contributed by atoms with E-state index >= 15 is 0 Å². The molecule has 3 aromatic carbocycles. The molecule has 0 spiro atoms. The van der Waals surface area contributed by atoms with Crippen molar-refractivity contribution in [3.63, 3.8) is 0 Å². The average molecular weight is 286 g/mol. The summed E-state index contributed by atoms with van der Waals surface area (Å²) in [5.74, 6) is 0.198. The van der Waals surface area contributed by atoms with E-state index in [1.165, 1.54) is 5.56 Å². The van der Waals surface area contributed by atoms with E-state index in [2.05, 4.69) is 12.1 Å². The van der Waals surface area contributed by atoms with Crippen LogP contribution in [0, 0.1) is 0 Å². The molecule has 1 heteroatoms. The predicted molar refractivity (Wildman–Crippen MR) is 91.0 cm³/mol. The molecule has 0 N–H and O–H groups in total. The first-order valence-electron chi connectivity index (χ1n) is 7.56. The van der Waals surface area contributed by atoms with E-state index in [1.807, 2.05) is 72.8 Å². The molecule has 0 saturated carbocycles. The number of benzene rings is 3. The first-order valence-corrected chi connectivity index (χ1v) is 7.56. The highest BCUT2D eigenvalue weighted by molar-refractivity contribution is 6.02. The Hall–Kier alpha value is -2.67. The maximum Gasteiger partial charge on any atom is 0.163 e. The lowest BCUT2D eigenvalue weighted by Gasteiger charge is -2.09. The molecule has 0 aliphatic carbocycles. The van der Waals surface area contributed by atoms with Crippen molar-refractivity contribution in [3.8, 4) is 11.1 Å². The molecule has 0 amide bonds. The zero-order valence-electron chi connectivity index (χ0n) is 12.4. The van der Waals surface area contributed by atoms with Gasteiger partial charge < -0.3 is 0 Å². The Kier molecular flexibility index (Phi) is 4.45. The van der Waals surface area contributed by atoms with Crippen LogP contribution in [0.5, 0.6) is 0 Å². The summed E-state index contributed by atoms with van der Waals surface area (Å²) >= 11 is 0. The SMILES string of the molecule is O=C(CCc1ccccc1)c1ccccc1-c1ccccc1. The Morgan fingerprint density at radius 3 is 2.00 bits per heavy atom. The third kappa shape index (κ3) is 3.32. The first-order chi connectivity index (χ1) is 10.8. The standard InChI is InChI=1S/C21H18O/c22-21(16-15-17-9-3-1-4-10-17)20-14-8-7-13-19(20)18-11-5-2-6-12-18/h1-14H,15-16H2. The van der Waals surface area contributed by atoms with Crippen LogP contribution in [-0.4, -0.2) is 5.78 Å². The lowest BCUT2D eigenvalue weighted by atomic mass is 9.94. The van der Waals surface area contributed by atoms with Gasteiger partial charge in [0, 0.05) is 12.0 Å². The molecule has 0 unspecified atom stereocenters. The molecule has 0 fully saturated rings. The molecule has 108 valence electrons. The van der Waals surface area contributed by atoms with E-state index in [0.29, 0.717) is 6.42 Å². The Balaban J connectivity index is 1.81. The van der Waals surface area contributed by atoms with Crippen molar-refractivity contribution in [2.75, 3.05) is 0 Å². The number of carbonyl (C=O) groups is 1. The van der Waals surface area contributed by atoms with Crippen molar-refractivity contribution < 1.29 is 4.79 Å². The van der Waals surface area contributed by atoms with Crippen molar-refractivity contribution in [1.82, 2.24) is 0 Å². The van der Waals surface area contributed by atoms with Gasteiger partial charge in [0.25, 0.3) is 0 Å². The molecule has 1 nitrogen and oxygen atoms in total. The number of Topliss-reactive ketones (excluding diaryl/α,β-unsaturated/α-hetero) is 1. The number of ketones is 1. The summed E-state index contributed by atoms with van der Waals surface area (Å²) in [6.45, 7) is 0. The van der Waals surface area contributed by atoms with Gasteiger partial charge in [-0.2, -0.15) is 0 Å². The fourth-order valence-corrected chi connectivity index (χ4v) is 2.63. The lowest BCUT2D eigenvalue weighted by molar-refractivity contribution is 0.0983. The molecule has 0 aromatic heterocycles. The normalized spacial score (nSPS) is 10.4. The van der Waals surface area contributed by atoms with E-state index in [4.69, 9.17) is 0 Å². The monoisotopic (exact) mass is 286 g/mol. The summed E-state index contributed by atoms with van der Waals surface area (Å²) in [5.41, 5.74) is 4.12. The fraction of sp³-hybridized carbons (Fsp3) is 0.0952. The zero-order valence-corrected chi connectivity index (χ0v) is 12.4. The van der Waals surface area contributed by atoms with Crippen molar-refractivity contribution in [2.45, 2.75) is 12.8 Å². The Morgan fingerprint density at radius 1 is 0.682 bits per heavy atom. The highest BCUT2D eigenvalue weighted by Crippen LogP contribution is 2.24. The third-order valence-electron chi connectivity index (χ3n) is 3.80. The second kappa shape index (κ2) is 6.86. The van der Waals surface area contributed by atoms with Crippen LogP contribution in [0.3, 0.4) is 0 Å². The summed E-state index contributed by atoms with van der Waals surface area (Å²) in [4.78, 5) is 12.6. The van der Waals surface area contributed by atoms with Gasteiger partial charge in [-0.05, 0) is 23.1 Å². The van der Waals surface area contributed by atoms with Crippen LogP contribution >= 0.6 is 0 Å². The lowest BCUT2D eigenvalue weighted by Crippen LogP contribution is -2.03. The molecular weight excluding hydrogens is 268 g/mol. The van der Waals surface area contributed by atoms with Crippen molar-refractivity contribution in [3.05, 3.63) is 96.1 Å². The summed E-state index contributed by atoms with van der Waals surface area (Å²) in [6.07, 6.45) is 1.32. The van der Waals surface area contributed by atoms with Gasteiger partial charge in [-0.3, -0.25) is 4.79 Å². The molecule has 0 heterocycles. The molecule has 0 atom stereocenters. The zero-order chi connectivity index (χ0) is 15.2. The highest BCUT2D eigenvalue weighted by Gasteiger charge is 2.12. The van der Waals surface area contributed by atoms with Gasteiger partial charge in [0.1, 0.15) is 0 Å². The molecule has 3 rings (SSSR count). The van der Waals surface area contributed by atoms with Crippen LogP contribution in [0.25, 0.3) is 11.1 Å². The Bertz CT molecular complexity index is 745. The Morgan fingerprint density at radius 2 is 1.27 bits per heavy atom. The van der Waals surface area contributed by atoms with Crippen LogP contribution in [0.2, 0.25) is 0 Å². The van der Waals surface area contributed by atoms with E-state index in [0.717, 1.165) is 23.1 Å². The maximum absolute atomic E-state index is 12.6. The number of hydrogen-bond donors (Lipinski definition) is 0. The second-order valence-corrected chi connectivity index (χ2v) is 5.32. The summed E-state index contributed by atoms with van der Waals surface area (Å²) in [6, 6.07) is 28.1. The summed E-state index contributed by atoms with van der Waals surface area (Å²) in [7, 11) is 0. The minimum absolute atomic E-state index is 0.198. The quantitative estimate of drug-likeness (QED) is 0.591. The summed E-state index contributed by atoms with van der Waals surface area (Å²) < 4.78 is 0. The van der Waals surface area contributed by atoms with Gasteiger partial charge in [0.2, 0.25) is 0 Å². The van der Waals surface area contributed by atoms with E-state index < -0.39 is 0 Å². The van der Waals surface area contributed by atoms with Crippen molar-refractivity contribution in [2.24, 2.45) is 0 Å². The van der Waals surface area contributed by atoms with Gasteiger partial charge in [-0.25, -0.2) is 0 Å². The second-order valence-electron chi connectivity index (χ2n) is 5.32. The van der Waals surface area contributed by atoms with Crippen LogP contribution < -0.4 is 0 Å². The van der Waals surface area contributed by atoms with Crippen molar-refractivity contribution >= 4 is 5.78 Å². The minimum atomic E-state index is 0.198. The molecule has 0 saturated heterocycles. The molecule has 22 heavy (non-hydrogen) atoms. The number of rotatable bonds is 5. The molecule has 0 aliphatic rings. The van der Waals surface area contributed by atoms with E-state index in [-0.39, 0.29) is 5.78 Å². The fourth-order valence-electron chi connectivity index (χ4n) is 2.63. The number of aryl methyl sites for hydroxylation is 1. The van der Waals surface area contributed by atoms with Crippen LogP contribution in [-0.2, 0) is 6.42 Å². The van der Waals surface area contributed by atoms with Crippen molar-refractivity contribution in [1.29, 1.82) is 0 Å². The Labute approximate surface area is 131 Å². The summed E-state index contributed by atoms with van der Waals surface area (Å²) in [5, 5.41) is 0. The van der Waals surface area contributed by atoms with Crippen LogP contribution in [0.15, 0.2) is 84.9 Å². The molecule has 0 radical (unpaired) electrons. The smallest absolute Gasteiger partial charge is 0.163 e. The molecule has 3 aromatic rings. The highest BCUT2D eigenvalue weighted by atomic mass is 16.1. The van der Waals surface area contributed by atoms with E-state index in [1.54, 1.807) is 0 Å². The van der Waals surface area contributed by atoms with Gasteiger partial charge in [0.15, 0.2) is 5.78 Å². The first kappa shape index (κ1) is 14.3. The third-order valence-corrected chi connectivity index (χ3v) is 3.80. The van der Waals surface area contributed by atoms with E-state index in [9.17, 15) is 4.79 Å². The molecular formula is C21H18O. The number of carbonyl (C=O) groups excluding carboxylic acids is 1. The topological polar surface area (TPSA) is 17.1 Å². The van der Waals surface area contributed by atoms with Gasteiger partial charge in [0.05, 0.1) is 0 Å². The predicted octanol–water partition coefficient (Wildman–Crippen LogP) is 5.17. The average Bonchev–Trinajstić information content (AvgIpc) is 2.61. The van der Waals surface area contributed by atoms with Gasteiger partial charge in [-0.15, -0.1) is 0 Å². The minimum Gasteiger partial charge on any atom is -0.294 e. The largest absolute Gasteiger partial charge is 0.294 e. The number of hydrogen-bond acceptors (Lipinski definition) is 1.